The van der Waals surface area contributed by atoms with E-state index in [0.29, 0.717) is 12.6 Å². The second kappa shape index (κ2) is 8.70. The van der Waals surface area contributed by atoms with E-state index in [4.69, 9.17) is 0 Å². The molecule has 2 amide bonds. The fourth-order valence-electron chi connectivity index (χ4n) is 3.56. The highest BCUT2D eigenvalue weighted by Crippen LogP contribution is 2.23. The fourth-order valence-corrected chi connectivity index (χ4v) is 3.56. The first-order valence-electron chi connectivity index (χ1n) is 9.40. The molecule has 1 aromatic carbocycles. The van der Waals surface area contributed by atoms with E-state index >= 15 is 0 Å². The van der Waals surface area contributed by atoms with Gasteiger partial charge in [-0.05, 0) is 24.8 Å². The average molecular weight is 340 g/mol. The van der Waals surface area contributed by atoms with Crippen molar-refractivity contribution in [2.24, 2.45) is 0 Å². The molecule has 1 heterocycles. The topological polar surface area (TPSA) is 50.2 Å². The number of hydrogen-bond acceptors (Lipinski definition) is 2. The van der Waals surface area contributed by atoms with E-state index in [1.165, 1.54) is 24.8 Å². The van der Waals surface area contributed by atoms with Crippen LogP contribution in [-0.2, 0) is 6.54 Å². The Hall–Kier alpha value is -2.30. The maximum atomic E-state index is 12.7. The number of benzene rings is 1. The van der Waals surface area contributed by atoms with Crippen LogP contribution in [0.2, 0.25) is 0 Å². The number of hydrogen-bond donors (Lipinski definition) is 1. The summed E-state index contributed by atoms with van der Waals surface area (Å²) in [4.78, 5) is 14.8. The van der Waals surface area contributed by atoms with E-state index < -0.39 is 0 Å². The maximum absolute atomic E-state index is 12.7. The molecule has 1 saturated carbocycles. The summed E-state index contributed by atoms with van der Waals surface area (Å²) >= 11 is 0. The van der Waals surface area contributed by atoms with E-state index in [1.807, 2.05) is 34.0 Å². The highest BCUT2D eigenvalue weighted by Gasteiger charge is 2.24. The summed E-state index contributed by atoms with van der Waals surface area (Å²) in [5, 5.41) is 7.40. The highest BCUT2D eigenvalue weighted by atomic mass is 16.2. The van der Waals surface area contributed by atoms with Gasteiger partial charge < -0.3 is 10.2 Å². The summed E-state index contributed by atoms with van der Waals surface area (Å²) in [6.07, 6.45) is 10.6. The van der Waals surface area contributed by atoms with Gasteiger partial charge in [-0.2, -0.15) is 5.10 Å². The largest absolute Gasteiger partial charge is 0.322 e. The number of carbonyl (C=O) groups is 1. The van der Waals surface area contributed by atoms with Crippen molar-refractivity contribution in [3.8, 4) is 0 Å². The second-order valence-corrected chi connectivity index (χ2v) is 6.83. The number of nitrogens with zero attached hydrogens (tertiary/aromatic N) is 3. The Balaban J connectivity index is 1.61. The molecule has 1 fully saturated rings. The van der Waals surface area contributed by atoms with Gasteiger partial charge in [0.05, 0.1) is 18.4 Å². The molecule has 1 aliphatic rings. The molecule has 3 rings (SSSR count). The van der Waals surface area contributed by atoms with Gasteiger partial charge in [0, 0.05) is 18.8 Å². The third kappa shape index (κ3) is 4.84. The molecular weight excluding hydrogens is 312 g/mol. The summed E-state index contributed by atoms with van der Waals surface area (Å²) in [7, 11) is 0. The van der Waals surface area contributed by atoms with Gasteiger partial charge in [-0.1, -0.05) is 56.5 Å². The third-order valence-electron chi connectivity index (χ3n) is 4.81. The molecule has 25 heavy (non-hydrogen) atoms. The van der Waals surface area contributed by atoms with Crippen LogP contribution in [0.25, 0.3) is 0 Å². The minimum atomic E-state index is 0.00742. The van der Waals surface area contributed by atoms with Gasteiger partial charge in [-0.25, -0.2) is 4.79 Å². The molecule has 5 heteroatoms. The number of aromatic nitrogens is 2. The van der Waals surface area contributed by atoms with Gasteiger partial charge in [0.2, 0.25) is 0 Å². The molecule has 0 spiro atoms. The molecule has 0 unspecified atom stereocenters. The molecule has 134 valence electrons. The molecule has 2 aromatic rings. The van der Waals surface area contributed by atoms with Crippen LogP contribution in [0.4, 0.5) is 10.5 Å². The molecule has 0 bridgehead atoms. The molecule has 1 aromatic heterocycles. The Morgan fingerprint density at radius 2 is 2.00 bits per heavy atom. The lowest BCUT2D eigenvalue weighted by atomic mass is 9.94. The van der Waals surface area contributed by atoms with Crippen molar-refractivity contribution in [1.29, 1.82) is 0 Å². The van der Waals surface area contributed by atoms with Crippen LogP contribution in [0.15, 0.2) is 42.7 Å². The smallest absolute Gasteiger partial charge is 0.322 e. The van der Waals surface area contributed by atoms with Crippen LogP contribution in [-0.4, -0.2) is 33.3 Å². The fraction of sp³-hybridized carbons (Fsp3) is 0.500. The van der Waals surface area contributed by atoms with Crippen LogP contribution >= 0.6 is 0 Å². The predicted molar refractivity (Wildman–Crippen MR) is 101 cm³/mol. The third-order valence-corrected chi connectivity index (χ3v) is 4.81. The number of urea groups is 1. The summed E-state index contributed by atoms with van der Waals surface area (Å²) in [5.41, 5.74) is 1.95. The van der Waals surface area contributed by atoms with Gasteiger partial charge in [-0.3, -0.25) is 4.68 Å². The Kier molecular flexibility index (Phi) is 6.09. The lowest BCUT2D eigenvalue weighted by Gasteiger charge is -2.34. The first-order chi connectivity index (χ1) is 12.3. The number of carbonyl (C=O) groups excluding carboxylic acids is 1. The zero-order chi connectivity index (χ0) is 17.5. The van der Waals surface area contributed by atoms with Crippen LogP contribution in [0.1, 0.15) is 51.0 Å². The molecular formula is C20H28N4O. The van der Waals surface area contributed by atoms with E-state index in [1.54, 1.807) is 6.20 Å². The van der Waals surface area contributed by atoms with Gasteiger partial charge in [-0.15, -0.1) is 0 Å². The van der Waals surface area contributed by atoms with Gasteiger partial charge in [0.15, 0.2) is 0 Å². The zero-order valence-electron chi connectivity index (χ0n) is 15.0. The highest BCUT2D eigenvalue weighted by molar-refractivity contribution is 5.89. The van der Waals surface area contributed by atoms with Crippen LogP contribution < -0.4 is 5.32 Å². The second-order valence-electron chi connectivity index (χ2n) is 6.83. The molecule has 1 N–H and O–H groups in total. The number of amides is 2. The Labute approximate surface area is 150 Å². The van der Waals surface area contributed by atoms with Crippen molar-refractivity contribution >= 4 is 11.7 Å². The van der Waals surface area contributed by atoms with Crippen molar-refractivity contribution in [2.45, 2.75) is 58.0 Å². The molecule has 0 aliphatic heterocycles. The van der Waals surface area contributed by atoms with Crippen molar-refractivity contribution in [3.05, 3.63) is 48.3 Å². The monoisotopic (exact) mass is 340 g/mol. The minimum absolute atomic E-state index is 0.00742. The van der Waals surface area contributed by atoms with E-state index in [9.17, 15) is 4.79 Å². The maximum Gasteiger partial charge on any atom is 0.322 e. The summed E-state index contributed by atoms with van der Waals surface area (Å²) in [5.74, 6) is 0. The van der Waals surface area contributed by atoms with Gasteiger partial charge in [0.25, 0.3) is 0 Å². The molecule has 0 radical (unpaired) electrons. The first kappa shape index (κ1) is 17.5. The number of rotatable bonds is 6. The number of nitrogens with one attached hydrogen (secondary N) is 1. The minimum Gasteiger partial charge on any atom is -0.322 e. The van der Waals surface area contributed by atoms with Gasteiger partial charge in [0.1, 0.15) is 0 Å². The lowest BCUT2D eigenvalue weighted by Crippen LogP contribution is -2.44. The zero-order valence-corrected chi connectivity index (χ0v) is 15.0. The van der Waals surface area contributed by atoms with Crippen molar-refractivity contribution < 1.29 is 4.79 Å². The Morgan fingerprint density at radius 1 is 1.24 bits per heavy atom. The normalized spacial score (nSPS) is 15.1. The molecule has 0 saturated heterocycles. The Bertz CT molecular complexity index is 661. The number of anilines is 1. The lowest BCUT2D eigenvalue weighted by molar-refractivity contribution is 0.167. The summed E-state index contributed by atoms with van der Waals surface area (Å²) < 4.78 is 1.86. The van der Waals surface area contributed by atoms with E-state index in [2.05, 4.69) is 29.5 Å². The summed E-state index contributed by atoms with van der Waals surface area (Å²) in [6.45, 7) is 3.65. The van der Waals surface area contributed by atoms with E-state index in [0.717, 1.165) is 31.5 Å². The first-order valence-corrected chi connectivity index (χ1v) is 9.40. The molecule has 0 atom stereocenters. The van der Waals surface area contributed by atoms with Crippen molar-refractivity contribution in [2.75, 3.05) is 11.9 Å². The standard InChI is InChI=1S/C20H28N4O/c1-2-13-24(19-11-7-4-8-12-19)20(25)22-18-14-21-23(16-18)15-17-9-5-3-6-10-17/h3,5-6,9-10,14,16,19H,2,4,7-8,11-13,15H2,1H3,(H,22,25). The van der Waals surface area contributed by atoms with E-state index in [-0.39, 0.29) is 6.03 Å². The van der Waals surface area contributed by atoms with Crippen LogP contribution in [0.5, 0.6) is 0 Å². The van der Waals surface area contributed by atoms with Crippen molar-refractivity contribution in [3.63, 3.8) is 0 Å². The Morgan fingerprint density at radius 3 is 2.72 bits per heavy atom. The van der Waals surface area contributed by atoms with Gasteiger partial charge >= 0.3 is 6.03 Å². The molecule has 1 aliphatic carbocycles. The average Bonchev–Trinajstić information content (AvgIpc) is 3.08. The SMILES string of the molecule is CCCN(C(=O)Nc1cnn(Cc2ccccc2)c1)C1CCCCC1. The quantitative estimate of drug-likeness (QED) is 0.841. The predicted octanol–water partition coefficient (Wildman–Crippen LogP) is 4.51. The summed E-state index contributed by atoms with van der Waals surface area (Å²) in [6, 6.07) is 10.6. The van der Waals surface area contributed by atoms with Crippen LogP contribution in [0, 0.1) is 0 Å². The molecule has 5 nitrogen and oxygen atoms in total. The van der Waals surface area contributed by atoms with Crippen molar-refractivity contribution in [1.82, 2.24) is 14.7 Å². The van der Waals surface area contributed by atoms with Crippen LogP contribution in [0.3, 0.4) is 0 Å².